The topological polar surface area (TPSA) is 91.2 Å². The molecule has 2 aromatic carbocycles. The van der Waals surface area contributed by atoms with Gasteiger partial charge in [0, 0.05) is 6.07 Å². The average molecular weight is 328 g/mol. The van der Waals surface area contributed by atoms with Crippen LogP contribution in [0.1, 0.15) is 35.7 Å². The van der Waals surface area contributed by atoms with Crippen LogP contribution in [-0.4, -0.2) is 28.9 Å². The molecule has 2 aromatic rings. The van der Waals surface area contributed by atoms with Gasteiger partial charge in [-0.1, -0.05) is 13.3 Å². The zero-order chi connectivity index (χ0) is 17.4. The Bertz CT molecular complexity index is 711. The van der Waals surface area contributed by atoms with E-state index in [4.69, 9.17) is 4.74 Å². The standard InChI is InChI=1S/C18H20N2O4/c1-2-3-10-24-15-7-4-13(5-8-15)12-19-20-18(23)16-9-6-14(21)11-17(16)22/h4-9,11-12,21-22H,2-3,10H2,1H3,(H,20,23)/b19-12-. The summed E-state index contributed by atoms with van der Waals surface area (Å²) in [4.78, 5) is 11.9. The molecule has 0 fully saturated rings. The van der Waals surface area contributed by atoms with Gasteiger partial charge >= 0.3 is 0 Å². The van der Waals surface area contributed by atoms with Gasteiger partial charge in [-0.3, -0.25) is 4.79 Å². The number of benzene rings is 2. The Morgan fingerprint density at radius 2 is 1.96 bits per heavy atom. The molecule has 0 aliphatic heterocycles. The first kappa shape index (κ1) is 17.3. The lowest BCUT2D eigenvalue weighted by Crippen LogP contribution is -2.17. The first-order chi connectivity index (χ1) is 11.6. The minimum atomic E-state index is -0.566. The zero-order valence-corrected chi connectivity index (χ0v) is 13.4. The van der Waals surface area contributed by atoms with Crippen molar-refractivity contribution in [3.8, 4) is 17.2 Å². The second-order valence-electron chi connectivity index (χ2n) is 5.17. The molecule has 0 saturated carbocycles. The summed E-state index contributed by atoms with van der Waals surface area (Å²) in [6.45, 7) is 2.80. The molecule has 0 aliphatic carbocycles. The van der Waals surface area contributed by atoms with Crippen molar-refractivity contribution in [3.05, 3.63) is 53.6 Å². The minimum Gasteiger partial charge on any atom is -0.508 e. The van der Waals surface area contributed by atoms with Crippen molar-refractivity contribution in [2.75, 3.05) is 6.61 Å². The number of amides is 1. The van der Waals surface area contributed by atoms with E-state index in [0.717, 1.165) is 30.2 Å². The molecule has 0 heterocycles. The number of aromatic hydroxyl groups is 2. The predicted molar refractivity (Wildman–Crippen MR) is 91.7 cm³/mol. The van der Waals surface area contributed by atoms with Gasteiger partial charge in [0.1, 0.15) is 17.2 Å². The Labute approximate surface area is 140 Å². The van der Waals surface area contributed by atoms with Crippen LogP contribution in [0.5, 0.6) is 17.2 Å². The molecule has 0 spiro atoms. The summed E-state index contributed by atoms with van der Waals surface area (Å²) >= 11 is 0. The molecule has 0 atom stereocenters. The first-order valence-electron chi connectivity index (χ1n) is 7.68. The number of hydrazone groups is 1. The largest absolute Gasteiger partial charge is 0.508 e. The molecule has 2 rings (SSSR count). The smallest absolute Gasteiger partial charge is 0.275 e. The molecule has 1 amide bonds. The fraction of sp³-hybridized carbons (Fsp3) is 0.222. The molecule has 0 aromatic heterocycles. The van der Waals surface area contributed by atoms with Gasteiger partial charge in [-0.05, 0) is 48.4 Å². The van der Waals surface area contributed by atoms with Gasteiger partial charge in [0.25, 0.3) is 5.91 Å². The minimum absolute atomic E-state index is 0.0321. The molecule has 0 radical (unpaired) electrons. The summed E-state index contributed by atoms with van der Waals surface area (Å²) in [6, 6.07) is 11.1. The van der Waals surface area contributed by atoms with Crippen LogP contribution < -0.4 is 10.2 Å². The number of unbranched alkanes of at least 4 members (excludes halogenated alkanes) is 1. The van der Waals surface area contributed by atoms with Gasteiger partial charge in [0.05, 0.1) is 18.4 Å². The van der Waals surface area contributed by atoms with E-state index < -0.39 is 5.91 Å². The van der Waals surface area contributed by atoms with Crippen molar-refractivity contribution < 1.29 is 19.7 Å². The van der Waals surface area contributed by atoms with Crippen molar-refractivity contribution in [1.29, 1.82) is 0 Å². The quantitative estimate of drug-likeness (QED) is 0.414. The number of ether oxygens (including phenoxy) is 1. The highest BCUT2D eigenvalue weighted by atomic mass is 16.5. The number of carbonyl (C=O) groups is 1. The van der Waals surface area contributed by atoms with Gasteiger partial charge in [-0.15, -0.1) is 0 Å². The molecule has 6 heteroatoms. The Hall–Kier alpha value is -3.02. The predicted octanol–water partition coefficient (Wildman–Crippen LogP) is 3.04. The highest BCUT2D eigenvalue weighted by Crippen LogP contribution is 2.22. The second-order valence-corrected chi connectivity index (χ2v) is 5.17. The maximum Gasteiger partial charge on any atom is 0.275 e. The maximum absolute atomic E-state index is 11.9. The van der Waals surface area contributed by atoms with E-state index in [1.165, 1.54) is 18.3 Å². The Kier molecular flexibility index (Phi) is 6.19. The van der Waals surface area contributed by atoms with Crippen molar-refractivity contribution in [1.82, 2.24) is 5.43 Å². The molecule has 0 bridgehead atoms. The molecule has 3 N–H and O–H groups in total. The molecule has 24 heavy (non-hydrogen) atoms. The number of phenols is 2. The highest BCUT2D eigenvalue weighted by molar-refractivity contribution is 5.97. The van der Waals surface area contributed by atoms with Gasteiger partial charge in [-0.25, -0.2) is 5.43 Å². The normalized spacial score (nSPS) is 10.7. The third kappa shape index (κ3) is 5.01. The van der Waals surface area contributed by atoms with Crippen LogP contribution in [-0.2, 0) is 0 Å². The lowest BCUT2D eigenvalue weighted by Gasteiger charge is -2.05. The Morgan fingerprint density at radius 1 is 1.21 bits per heavy atom. The lowest BCUT2D eigenvalue weighted by molar-refractivity contribution is 0.0952. The fourth-order valence-electron chi connectivity index (χ4n) is 1.92. The van der Waals surface area contributed by atoms with E-state index in [9.17, 15) is 15.0 Å². The first-order valence-corrected chi connectivity index (χ1v) is 7.68. The molecular weight excluding hydrogens is 308 g/mol. The van der Waals surface area contributed by atoms with Crippen molar-refractivity contribution in [2.24, 2.45) is 5.10 Å². The zero-order valence-electron chi connectivity index (χ0n) is 13.4. The number of nitrogens with one attached hydrogen (secondary N) is 1. The number of phenolic OH excluding ortho intramolecular Hbond substituents is 2. The third-order valence-corrected chi connectivity index (χ3v) is 3.25. The van der Waals surface area contributed by atoms with E-state index >= 15 is 0 Å². The number of nitrogens with zero attached hydrogens (tertiary/aromatic N) is 1. The highest BCUT2D eigenvalue weighted by Gasteiger charge is 2.10. The van der Waals surface area contributed by atoms with Gasteiger partial charge in [0.2, 0.25) is 0 Å². The lowest BCUT2D eigenvalue weighted by atomic mass is 10.2. The number of hydrogen-bond donors (Lipinski definition) is 3. The van der Waals surface area contributed by atoms with Crippen LogP contribution in [0.3, 0.4) is 0 Å². The monoisotopic (exact) mass is 328 g/mol. The molecule has 0 aliphatic rings. The van der Waals surface area contributed by atoms with Crippen LogP contribution in [0, 0.1) is 0 Å². The van der Waals surface area contributed by atoms with Gasteiger partial charge in [-0.2, -0.15) is 5.10 Å². The summed E-state index contributed by atoms with van der Waals surface area (Å²) in [6.07, 6.45) is 3.59. The fourth-order valence-corrected chi connectivity index (χ4v) is 1.92. The summed E-state index contributed by atoms with van der Waals surface area (Å²) < 4.78 is 5.56. The van der Waals surface area contributed by atoms with Crippen LogP contribution in [0.15, 0.2) is 47.6 Å². The number of rotatable bonds is 7. The molecule has 0 unspecified atom stereocenters. The summed E-state index contributed by atoms with van der Waals surface area (Å²) in [7, 11) is 0. The molecule has 0 saturated heterocycles. The van der Waals surface area contributed by atoms with E-state index in [2.05, 4.69) is 17.5 Å². The van der Waals surface area contributed by atoms with Crippen molar-refractivity contribution in [3.63, 3.8) is 0 Å². The van der Waals surface area contributed by atoms with Crippen molar-refractivity contribution in [2.45, 2.75) is 19.8 Å². The molecule has 6 nitrogen and oxygen atoms in total. The summed E-state index contributed by atoms with van der Waals surface area (Å²) in [5.41, 5.74) is 3.15. The summed E-state index contributed by atoms with van der Waals surface area (Å²) in [5, 5.41) is 22.7. The van der Waals surface area contributed by atoms with E-state index in [1.807, 2.05) is 24.3 Å². The van der Waals surface area contributed by atoms with E-state index in [1.54, 1.807) is 0 Å². The van der Waals surface area contributed by atoms with E-state index in [0.29, 0.717) is 6.61 Å². The average Bonchev–Trinajstić information content (AvgIpc) is 2.56. The maximum atomic E-state index is 11.9. The SMILES string of the molecule is CCCCOc1ccc(/C=N\NC(=O)c2ccc(O)cc2O)cc1. The van der Waals surface area contributed by atoms with Crippen LogP contribution >= 0.6 is 0 Å². The van der Waals surface area contributed by atoms with Crippen LogP contribution in [0.25, 0.3) is 0 Å². The van der Waals surface area contributed by atoms with Gasteiger partial charge in [0.15, 0.2) is 0 Å². The Morgan fingerprint density at radius 3 is 2.62 bits per heavy atom. The van der Waals surface area contributed by atoms with Crippen molar-refractivity contribution >= 4 is 12.1 Å². The number of hydrogen-bond acceptors (Lipinski definition) is 5. The molecular formula is C18H20N2O4. The van der Waals surface area contributed by atoms with E-state index in [-0.39, 0.29) is 17.1 Å². The second kappa shape index (κ2) is 8.57. The third-order valence-electron chi connectivity index (χ3n) is 3.25. The summed E-state index contributed by atoms with van der Waals surface area (Å²) in [5.74, 6) is -0.202. The van der Waals surface area contributed by atoms with Crippen LogP contribution in [0.2, 0.25) is 0 Å². The van der Waals surface area contributed by atoms with Crippen LogP contribution in [0.4, 0.5) is 0 Å². The number of carbonyl (C=O) groups excluding carboxylic acids is 1. The Balaban J connectivity index is 1.90. The molecule has 126 valence electrons. The van der Waals surface area contributed by atoms with Gasteiger partial charge < -0.3 is 14.9 Å².